The molecule has 19 nitrogen and oxygen atoms in total. The average molecular weight is 788 g/mol. The number of halogens is 1. The molecule has 0 spiro atoms. The van der Waals surface area contributed by atoms with Gasteiger partial charge in [-0.05, 0) is 29.9 Å². The van der Waals surface area contributed by atoms with Crippen molar-refractivity contribution < 1.29 is 45.8 Å². The molecule has 0 bridgehead atoms. The van der Waals surface area contributed by atoms with Crippen LogP contribution in [0.2, 0.25) is 18.1 Å². The number of ether oxygens (including phenoxy) is 2. The molecule has 0 amide bonds. The summed E-state index contributed by atoms with van der Waals surface area (Å²) in [5, 5.41) is -0.257. The van der Waals surface area contributed by atoms with Gasteiger partial charge in [0.25, 0.3) is 0 Å². The lowest BCUT2D eigenvalue weighted by atomic mass is 10.1. The normalized spacial score (nSPS) is 35.4. The van der Waals surface area contributed by atoms with Crippen LogP contribution in [-0.2, 0) is 48.4 Å². The van der Waals surface area contributed by atoms with Gasteiger partial charge in [-0.25, -0.2) is 34.3 Å². The Balaban J connectivity index is 1.23. The van der Waals surface area contributed by atoms with E-state index in [-0.39, 0.29) is 34.4 Å². The molecule has 4 aromatic rings. The Labute approximate surface area is 298 Å². The number of anilines is 2. The molecule has 3 aliphatic heterocycles. The molecule has 25 heteroatoms. The van der Waals surface area contributed by atoms with Crippen LogP contribution in [0.15, 0.2) is 25.3 Å². The molecule has 51 heavy (non-hydrogen) atoms. The van der Waals surface area contributed by atoms with Gasteiger partial charge in [0.05, 0.1) is 33.4 Å². The molecule has 3 saturated heterocycles. The minimum absolute atomic E-state index is 0.100. The van der Waals surface area contributed by atoms with Gasteiger partial charge in [0, 0.05) is 0 Å². The van der Waals surface area contributed by atoms with E-state index in [4.69, 9.17) is 55.3 Å². The van der Waals surface area contributed by atoms with Crippen molar-refractivity contribution in [3.63, 3.8) is 0 Å². The molecule has 10 atom stereocenters. The van der Waals surface area contributed by atoms with Crippen molar-refractivity contribution in [2.75, 3.05) is 24.7 Å². The number of nitrogen functional groups attached to an aromatic ring is 2. The molecule has 4 aromatic heterocycles. The maximum absolute atomic E-state index is 16.3. The summed E-state index contributed by atoms with van der Waals surface area (Å²) in [6.45, 7) is 5.37. The molecule has 3 aliphatic rings. The Bertz CT molecular complexity index is 2060. The second-order valence-corrected chi connectivity index (χ2v) is 22.0. The zero-order chi connectivity index (χ0) is 36.7. The van der Waals surface area contributed by atoms with Crippen LogP contribution in [-0.4, -0.2) is 110 Å². The molecule has 0 aromatic carbocycles. The van der Waals surface area contributed by atoms with Crippen LogP contribution in [0.4, 0.5) is 16.0 Å². The van der Waals surface area contributed by atoms with Crippen molar-refractivity contribution in [2.45, 2.75) is 88.1 Å². The first-order chi connectivity index (χ1) is 23.9. The standard InChI is InChI=1S/C26H39BFN10O9P2SSi/c1-26(2,3)51(4,5)47-19-18-13(44-25(19)38-11-36-16-21(30)32-9-34-23(16)38)6-41-48(27,39)45-17-12(7-42-49(40,50)46-18)43-24(14(17)28)37-10-35-15-20(29)31-8-33-22(15)37/h8-14,17-19,24-25H,6-7H2,1-5,27H3,(H,40,50)(H2,29,31,33)(H2,30,32,34)/q-1/t12-,13-,14+,17?,18+,19?,24-,25-,48?,49?/m1/s1. The number of fused-ring (bicyclic) bond motifs is 4. The lowest BCUT2D eigenvalue weighted by Crippen LogP contribution is -2.49. The van der Waals surface area contributed by atoms with Crippen LogP contribution in [0, 0.1) is 0 Å². The fourth-order valence-electron chi connectivity index (χ4n) is 5.74. The first-order valence-electron chi connectivity index (χ1n) is 15.5. The van der Waals surface area contributed by atoms with Gasteiger partial charge < -0.3 is 48.4 Å². The van der Waals surface area contributed by atoms with E-state index in [0.29, 0.717) is 11.2 Å². The third-order valence-electron chi connectivity index (χ3n) is 9.32. The van der Waals surface area contributed by atoms with Gasteiger partial charge >= 0.3 is 6.72 Å². The van der Waals surface area contributed by atoms with E-state index in [1.165, 1.54) is 29.9 Å². The van der Waals surface area contributed by atoms with Crippen molar-refractivity contribution in [1.82, 2.24) is 39.0 Å². The number of nitrogens with two attached hydrogens (primary N) is 2. The lowest BCUT2D eigenvalue weighted by molar-refractivity contribution is -0.0570. The van der Waals surface area contributed by atoms with E-state index < -0.39 is 85.8 Å². The van der Waals surface area contributed by atoms with E-state index in [0.717, 1.165) is 0 Å². The highest BCUT2D eigenvalue weighted by molar-refractivity contribution is 8.07. The van der Waals surface area contributed by atoms with Crippen LogP contribution >= 0.6 is 14.2 Å². The van der Waals surface area contributed by atoms with E-state index in [2.05, 4.69) is 63.8 Å². The van der Waals surface area contributed by atoms with Gasteiger partial charge in [-0.1, -0.05) is 20.8 Å². The number of alkyl halides is 1. The Morgan fingerprint density at radius 2 is 1.45 bits per heavy atom. The minimum atomic E-state index is -4.14. The fraction of sp³-hybridized carbons (Fsp3) is 0.615. The van der Waals surface area contributed by atoms with Crippen LogP contribution in [0.3, 0.4) is 0 Å². The number of hydrogen-bond acceptors (Lipinski definition) is 17. The van der Waals surface area contributed by atoms with E-state index >= 15 is 4.39 Å². The summed E-state index contributed by atoms with van der Waals surface area (Å²) in [5.41, 5.74) is 13.2. The van der Waals surface area contributed by atoms with Crippen molar-refractivity contribution >= 4 is 75.8 Å². The molecule has 5 N–H and O–H groups in total. The molecule has 0 saturated carbocycles. The molecule has 7 heterocycles. The zero-order valence-corrected chi connectivity index (χ0v) is 31.1. The van der Waals surface area contributed by atoms with Crippen LogP contribution < -0.4 is 11.5 Å². The highest BCUT2D eigenvalue weighted by atomic mass is 32.5. The molecule has 3 fully saturated rings. The smallest absolute Gasteiger partial charge is 0.325 e. The molecule has 0 aliphatic carbocycles. The van der Waals surface area contributed by atoms with Crippen molar-refractivity contribution in [3.8, 4) is 0 Å². The van der Waals surface area contributed by atoms with E-state index in [1.807, 2.05) is 0 Å². The summed E-state index contributed by atoms with van der Waals surface area (Å²) in [6.07, 6.45) is -4.50. The zero-order valence-electron chi connectivity index (χ0n) is 27.5. The predicted octanol–water partition coefficient (Wildman–Crippen LogP) is 1.86. The van der Waals surface area contributed by atoms with Crippen LogP contribution in [0.1, 0.15) is 33.2 Å². The van der Waals surface area contributed by atoms with Gasteiger partial charge in [-0.3, -0.25) is 13.7 Å². The number of hydrogen-bond donors (Lipinski definition) is 3. The van der Waals surface area contributed by atoms with Gasteiger partial charge in [-0.15, -0.1) is 0 Å². The predicted molar refractivity (Wildman–Crippen MR) is 190 cm³/mol. The topological polar surface area (TPSA) is 241 Å². The molecule has 278 valence electrons. The third-order valence-corrected chi connectivity index (χ3v) is 16.1. The van der Waals surface area contributed by atoms with Crippen LogP contribution in [0.25, 0.3) is 22.3 Å². The van der Waals surface area contributed by atoms with Crippen LogP contribution in [0.5, 0.6) is 0 Å². The summed E-state index contributed by atoms with van der Waals surface area (Å²) in [4.78, 5) is 36.6. The maximum atomic E-state index is 16.3. The molecular weight excluding hydrogens is 748 g/mol. The maximum Gasteiger partial charge on any atom is 0.325 e. The second-order valence-electron chi connectivity index (χ2n) is 13.5. The summed E-state index contributed by atoms with van der Waals surface area (Å²) < 4.78 is 76.8. The Kier molecular flexibility index (Phi) is 9.45. The first kappa shape index (κ1) is 36.8. The number of imidazole rings is 2. The van der Waals surface area contributed by atoms with Gasteiger partial charge in [0.1, 0.15) is 61.7 Å². The van der Waals surface area contributed by atoms with Gasteiger partial charge in [-0.2, -0.15) is 0 Å². The fourth-order valence-corrected chi connectivity index (χ4v) is 9.25. The van der Waals surface area contributed by atoms with Gasteiger partial charge in [0.2, 0.25) is 0 Å². The minimum Gasteiger partial charge on any atom is -0.407 e. The molecule has 4 unspecified atom stereocenters. The largest absolute Gasteiger partial charge is 0.407 e. The van der Waals surface area contributed by atoms with E-state index in [9.17, 15) is 9.46 Å². The number of rotatable bonds is 4. The highest BCUT2D eigenvalue weighted by Gasteiger charge is 2.55. The average Bonchev–Trinajstić information content (AvgIpc) is 3.80. The third kappa shape index (κ3) is 6.88. The highest BCUT2D eigenvalue weighted by Crippen LogP contribution is 2.55. The summed E-state index contributed by atoms with van der Waals surface area (Å²) in [7, 11) is -7.61. The quantitative estimate of drug-likeness (QED) is 0.197. The molecule has 7 rings (SSSR count). The van der Waals surface area contributed by atoms with E-state index in [1.54, 1.807) is 4.57 Å². The Morgan fingerprint density at radius 3 is 2.04 bits per heavy atom. The molecular formula is C26H39BFN10O9P2SSi-. The lowest BCUT2D eigenvalue weighted by Gasteiger charge is -2.41. The Hall–Kier alpha value is -2.53. The SMILES string of the molecule is [BH3-]P1(=O)OC[C@H]2O[C@@H](n3cnc4c(N)ncnc43)C(O[Si](C)(C)C(C)(C)C)[C@H]2OP(O)(=S)OC[C@H]2O[C@@H](n3cnc4c(N)ncnc43)[C@@H](F)C2O1. The number of nitrogens with zero attached hydrogens (tertiary/aromatic N) is 8. The second kappa shape index (κ2) is 13.1. The summed E-state index contributed by atoms with van der Waals surface area (Å²) in [5.74, 6) is 0.268. The Morgan fingerprint density at radius 1 is 0.922 bits per heavy atom. The van der Waals surface area contributed by atoms with Gasteiger partial charge in [0.15, 0.2) is 49.9 Å². The number of aromatic nitrogens is 8. The molecule has 0 radical (unpaired) electrons. The monoisotopic (exact) mass is 787 g/mol. The summed E-state index contributed by atoms with van der Waals surface area (Å²) >= 11 is 5.52. The van der Waals surface area contributed by atoms with Crippen molar-refractivity contribution in [2.24, 2.45) is 0 Å². The first-order valence-corrected chi connectivity index (χ1v) is 22.1. The van der Waals surface area contributed by atoms with Crippen molar-refractivity contribution in [1.29, 1.82) is 0 Å². The summed E-state index contributed by atoms with van der Waals surface area (Å²) in [6, 6.07) is 0. The van der Waals surface area contributed by atoms with Crippen molar-refractivity contribution in [3.05, 3.63) is 25.3 Å².